The van der Waals surface area contributed by atoms with Gasteiger partial charge < -0.3 is 10.1 Å². The Labute approximate surface area is 128 Å². The van der Waals surface area contributed by atoms with E-state index < -0.39 is 12.7 Å². The van der Waals surface area contributed by atoms with Gasteiger partial charge in [0.2, 0.25) is 0 Å². The second-order valence-corrected chi connectivity index (χ2v) is 6.25. The largest absolute Gasteiger partial charge is 0.493 e. The molecule has 0 spiro atoms. The number of hydrogen-bond donors (Lipinski definition) is 1. The van der Waals surface area contributed by atoms with Gasteiger partial charge in [-0.05, 0) is 19.4 Å². The number of fused-ring (bicyclic) bond motifs is 1. The smallest absolute Gasteiger partial charge is 0.401 e. The lowest BCUT2D eigenvalue weighted by molar-refractivity contribution is -0.143. The summed E-state index contributed by atoms with van der Waals surface area (Å²) in [6.45, 7) is 2.87. The number of halogens is 3. The highest BCUT2D eigenvalue weighted by atomic mass is 19.4. The molecule has 0 bridgehead atoms. The fourth-order valence-corrected chi connectivity index (χ4v) is 3.46. The van der Waals surface area contributed by atoms with Crippen LogP contribution in [0.1, 0.15) is 24.8 Å². The third-order valence-corrected chi connectivity index (χ3v) is 4.51. The predicted octanol–water partition coefficient (Wildman–Crippen LogP) is 2.78. The molecular weight excluding hydrogens is 293 g/mol. The zero-order valence-corrected chi connectivity index (χ0v) is 12.6. The van der Waals surface area contributed by atoms with Gasteiger partial charge in [0, 0.05) is 36.7 Å². The Hall–Kier alpha value is -1.27. The molecule has 1 saturated heterocycles. The van der Waals surface area contributed by atoms with Gasteiger partial charge in [-0.1, -0.05) is 18.2 Å². The maximum atomic E-state index is 12.4. The van der Waals surface area contributed by atoms with Crippen molar-refractivity contribution in [3.05, 3.63) is 29.8 Å². The van der Waals surface area contributed by atoms with Gasteiger partial charge in [-0.25, -0.2) is 0 Å². The Balaban J connectivity index is 1.54. The molecule has 0 radical (unpaired) electrons. The average Bonchev–Trinajstić information content (AvgIpc) is 3.03. The van der Waals surface area contributed by atoms with E-state index in [-0.39, 0.29) is 18.0 Å². The molecule has 3 unspecified atom stereocenters. The standard InChI is InChI=1S/C16H21F3N2O/c1-11(14-9-22-15-5-3-2-4-13(14)15)20-12-6-7-21(8-12)10-16(17,18)19/h2-5,11-12,14,20H,6-10H2,1H3. The summed E-state index contributed by atoms with van der Waals surface area (Å²) in [6.07, 6.45) is -3.35. The number of para-hydroxylation sites is 1. The van der Waals surface area contributed by atoms with Gasteiger partial charge in [0.25, 0.3) is 0 Å². The van der Waals surface area contributed by atoms with Crippen LogP contribution in [0.4, 0.5) is 13.2 Å². The SMILES string of the molecule is CC(NC1CCN(CC(F)(F)F)C1)C1COc2ccccc21. The molecule has 22 heavy (non-hydrogen) atoms. The van der Waals surface area contributed by atoms with Crippen LogP contribution in [0.15, 0.2) is 24.3 Å². The number of nitrogens with zero attached hydrogens (tertiary/aromatic N) is 1. The van der Waals surface area contributed by atoms with Crippen LogP contribution in [0.3, 0.4) is 0 Å². The van der Waals surface area contributed by atoms with Gasteiger partial charge >= 0.3 is 6.18 Å². The van der Waals surface area contributed by atoms with E-state index in [0.29, 0.717) is 19.7 Å². The Kier molecular flexibility index (Phi) is 4.32. The van der Waals surface area contributed by atoms with Crippen molar-refractivity contribution in [3.8, 4) is 5.75 Å². The molecule has 2 aliphatic heterocycles. The van der Waals surface area contributed by atoms with Crippen LogP contribution >= 0.6 is 0 Å². The van der Waals surface area contributed by atoms with Crippen molar-refractivity contribution in [2.24, 2.45) is 0 Å². The predicted molar refractivity (Wildman–Crippen MR) is 78.2 cm³/mol. The first-order chi connectivity index (χ1) is 10.4. The average molecular weight is 314 g/mol. The molecule has 122 valence electrons. The molecule has 0 aromatic heterocycles. The molecule has 2 aliphatic rings. The monoisotopic (exact) mass is 314 g/mol. The fraction of sp³-hybridized carbons (Fsp3) is 0.625. The van der Waals surface area contributed by atoms with E-state index in [4.69, 9.17) is 4.74 Å². The van der Waals surface area contributed by atoms with Gasteiger partial charge in [0.15, 0.2) is 0 Å². The maximum absolute atomic E-state index is 12.4. The van der Waals surface area contributed by atoms with Crippen molar-refractivity contribution in [1.82, 2.24) is 10.2 Å². The minimum absolute atomic E-state index is 0.116. The van der Waals surface area contributed by atoms with E-state index in [9.17, 15) is 13.2 Å². The van der Waals surface area contributed by atoms with Crippen molar-refractivity contribution in [3.63, 3.8) is 0 Å². The van der Waals surface area contributed by atoms with Crippen LogP contribution in [-0.2, 0) is 0 Å². The topological polar surface area (TPSA) is 24.5 Å². The molecule has 0 amide bonds. The number of likely N-dealkylation sites (tertiary alicyclic amines) is 1. The Morgan fingerprint density at radius 2 is 2.14 bits per heavy atom. The number of benzene rings is 1. The molecular formula is C16H21F3N2O. The van der Waals surface area contributed by atoms with Crippen LogP contribution < -0.4 is 10.1 Å². The van der Waals surface area contributed by atoms with Gasteiger partial charge in [-0.2, -0.15) is 13.2 Å². The highest BCUT2D eigenvalue weighted by molar-refractivity contribution is 5.40. The van der Waals surface area contributed by atoms with Gasteiger partial charge in [0.05, 0.1) is 13.2 Å². The van der Waals surface area contributed by atoms with Crippen LogP contribution in [0.2, 0.25) is 0 Å². The molecule has 3 rings (SSSR count). The number of nitrogens with one attached hydrogen (secondary N) is 1. The second kappa shape index (κ2) is 6.08. The summed E-state index contributed by atoms with van der Waals surface area (Å²) in [5, 5.41) is 3.49. The van der Waals surface area contributed by atoms with Gasteiger partial charge in [0.1, 0.15) is 5.75 Å². The quantitative estimate of drug-likeness (QED) is 0.925. The summed E-state index contributed by atoms with van der Waals surface area (Å²) >= 11 is 0. The molecule has 3 atom stereocenters. The highest BCUT2D eigenvalue weighted by Gasteiger charge is 2.36. The summed E-state index contributed by atoms with van der Waals surface area (Å²) in [5.41, 5.74) is 1.19. The molecule has 1 aromatic carbocycles. The molecule has 0 saturated carbocycles. The molecule has 6 heteroatoms. The van der Waals surface area contributed by atoms with Crippen molar-refractivity contribution in [2.45, 2.75) is 37.5 Å². The molecule has 3 nitrogen and oxygen atoms in total. The molecule has 1 N–H and O–H groups in total. The zero-order chi connectivity index (χ0) is 15.7. The molecule has 0 aliphatic carbocycles. The van der Waals surface area contributed by atoms with Crippen LogP contribution in [0.5, 0.6) is 5.75 Å². The van der Waals surface area contributed by atoms with E-state index in [1.54, 1.807) is 0 Å². The van der Waals surface area contributed by atoms with Gasteiger partial charge in [-0.3, -0.25) is 4.90 Å². The Bertz CT molecular complexity index is 520. The van der Waals surface area contributed by atoms with E-state index in [0.717, 1.165) is 12.2 Å². The Morgan fingerprint density at radius 3 is 2.91 bits per heavy atom. The minimum atomic E-state index is -4.11. The summed E-state index contributed by atoms with van der Waals surface area (Å²) in [5.74, 6) is 1.18. The zero-order valence-electron chi connectivity index (χ0n) is 12.6. The lowest BCUT2D eigenvalue weighted by Gasteiger charge is -2.24. The minimum Gasteiger partial charge on any atom is -0.493 e. The number of alkyl halides is 3. The first-order valence-electron chi connectivity index (χ1n) is 7.69. The lowest BCUT2D eigenvalue weighted by Crippen LogP contribution is -2.43. The normalized spacial score (nSPS) is 26.7. The first kappa shape index (κ1) is 15.6. The van der Waals surface area contributed by atoms with Crippen molar-refractivity contribution in [2.75, 3.05) is 26.2 Å². The number of ether oxygens (including phenoxy) is 1. The van der Waals surface area contributed by atoms with Crippen molar-refractivity contribution >= 4 is 0 Å². The third kappa shape index (κ3) is 3.55. The molecule has 1 aromatic rings. The molecule has 2 heterocycles. The Morgan fingerprint density at radius 1 is 1.36 bits per heavy atom. The van der Waals surface area contributed by atoms with Crippen LogP contribution in [0.25, 0.3) is 0 Å². The van der Waals surface area contributed by atoms with E-state index in [2.05, 4.69) is 18.3 Å². The first-order valence-corrected chi connectivity index (χ1v) is 7.69. The maximum Gasteiger partial charge on any atom is 0.401 e. The van der Waals surface area contributed by atoms with Crippen molar-refractivity contribution < 1.29 is 17.9 Å². The van der Waals surface area contributed by atoms with E-state index in [1.807, 2.05) is 18.2 Å². The number of rotatable bonds is 4. The number of hydrogen-bond acceptors (Lipinski definition) is 3. The van der Waals surface area contributed by atoms with Gasteiger partial charge in [-0.15, -0.1) is 0 Å². The van der Waals surface area contributed by atoms with E-state index >= 15 is 0 Å². The second-order valence-electron chi connectivity index (χ2n) is 6.25. The van der Waals surface area contributed by atoms with Crippen LogP contribution in [-0.4, -0.2) is 49.4 Å². The molecule has 1 fully saturated rings. The summed E-state index contributed by atoms with van der Waals surface area (Å²) in [7, 11) is 0. The van der Waals surface area contributed by atoms with Crippen molar-refractivity contribution in [1.29, 1.82) is 0 Å². The highest BCUT2D eigenvalue weighted by Crippen LogP contribution is 2.35. The summed E-state index contributed by atoms with van der Waals surface area (Å²) in [4.78, 5) is 1.48. The van der Waals surface area contributed by atoms with Crippen LogP contribution in [0, 0.1) is 0 Å². The third-order valence-electron chi connectivity index (χ3n) is 4.51. The summed E-state index contributed by atoms with van der Waals surface area (Å²) < 4.78 is 43.0. The lowest BCUT2D eigenvalue weighted by atomic mass is 9.94. The summed E-state index contributed by atoms with van der Waals surface area (Å²) in [6, 6.07) is 8.27. The fourth-order valence-electron chi connectivity index (χ4n) is 3.46. The van der Waals surface area contributed by atoms with E-state index in [1.165, 1.54) is 10.5 Å².